The molecule has 8 nitrogen and oxygen atoms in total. The molecule has 0 radical (unpaired) electrons. The number of anilines is 2. The smallest absolute Gasteiger partial charge is 0.319 e. The maximum absolute atomic E-state index is 15.1. The lowest BCUT2D eigenvalue weighted by molar-refractivity contribution is -0.118. The van der Waals surface area contributed by atoms with Crippen LogP contribution in [-0.4, -0.2) is 47.8 Å². The van der Waals surface area contributed by atoms with Crippen LogP contribution in [0.1, 0.15) is 6.42 Å². The number of nitrogens with one attached hydrogen (secondary N) is 2. The molecule has 2 aromatic carbocycles. The van der Waals surface area contributed by atoms with E-state index in [1.54, 1.807) is 0 Å². The molecule has 4 rings (SSSR count). The number of benzene rings is 2. The second kappa shape index (κ2) is 9.91. The fourth-order valence-corrected chi connectivity index (χ4v) is 5.11. The van der Waals surface area contributed by atoms with E-state index in [4.69, 9.17) is 11.6 Å². The highest BCUT2D eigenvalue weighted by Crippen LogP contribution is 2.39. The number of hydrogen-bond acceptors (Lipinski definition) is 5. The van der Waals surface area contributed by atoms with Crippen LogP contribution in [0.3, 0.4) is 0 Å². The Bertz CT molecular complexity index is 1420. The molecule has 1 fully saturated rings. The Morgan fingerprint density at radius 2 is 1.89 bits per heavy atom. The third-order valence-electron chi connectivity index (χ3n) is 5.53. The number of urea groups is 1. The molecular weight excluding hydrogens is 518 g/mol. The van der Waals surface area contributed by atoms with Crippen molar-refractivity contribution >= 4 is 47.5 Å². The minimum atomic E-state index is -2.93. The van der Waals surface area contributed by atoms with Crippen molar-refractivity contribution in [3.05, 3.63) is 65.3 Å². The minimum Gasteiger partial charge on any atom is -0.326 e. The normalized spacial score (nSPS) is 15.8. The van der Waals surface area contributed by atoms with Crippen molar-refractivity contribution in [3.8, 4) is 11.1 Å². The van der Waals surface area contributed by atoms with Crippen molar-refractivity contribution in [2.24, 2.45) is 0 Å². The van der Waals surface area contributed by atoms with Crippen LogP contribution in [-0.2, 0) is 9.36 Å². The SMILES string of the molecule is CP(C)(=O)c1ncncc1-c1ccc(N2CC[C@@H](NC(=O)Nc3ccc(Cl)cc3F)C2=O)c(F)c1F. The van der Waals surface area contributed by atoms with Gasteiger partial charge >= 0.3 is 6.03 Å². The number of rotatable bonds is 5. The summed E-state index contributed by atoms with van der Waals surface area (Å²) < 4.78 is 56.7. The molecule has 0 saturated carbocycles. The second-order valence-electron chi connectivity index (χ2n) is 8.42. The summed E-state index contributed by atoms with van der Waals surface area (Å²) in [4.78, 5) is 34.0. The first-order chi connectivity index (χ1) is 17.0. The minimum absolute atomic E-state index is 0.00755. The van der Waals surface area contributed by atoms with Gasteiger partial charge in [0.1, 0.15) is 30.8 Å². The van der Waals surface area contributed by atoms with Gasteiger partial charge in [-0.2, -0.15) is 0 Å². The van der Waals surface area contributed by atoms with Crippen LogP contribution in [0.25, 0.3) is 11.1 Å². The quantitative estimate of drug-likeness (QED) is 0.470. The Balaban J connectivity index is 1.53. The largest absolute Gasteiger partial charge is 0.326 e. The van der Waals surface area contributed by atoms with E-state index in [-0.39, 0.29) is 45.9 Å². The summed E-state index contributed by atoms with van der Waals surface area (Å²) in [5.74, 6) is -3.96. The van der Waals surface area contributed by atoms with Gasteiger partial charge in [0.2, 0.25) is 5.91 Å². The van der Waals surface area contributed by atoms with Crippen molar-refractivity contribution in [2.45, 2.75) is 12.5 Å². The molecule has 1 aromatic heterocycles. The number of carbonyl (C=O) groups excluding carboxylic acids is 2. The van der Waals surface area contributed by atoms with Crippen LogP contribution in [0.5, 0.6) is 0 Å². The van der Waals surface area contributed by atoms with Gasteiger partial charge in [0, 0.05) is 28.9 Å². The summed E-state index contributed by atoms with van der Waals surface area (Å²) in [5, 5.41) is 4.84. The number of aromatic nitrogens is 2. The third-order valence-corrected chi connectivity index (χ3v) is 7.15. The van der Waals surface area contributed by atoms with E-state index in [1.165, 1.54) is 50.1 Å². The standard InChI is InChI=1S/C23H20ClF3N5O3P/c1-36(2,35)21-14(10-28-11-29-21)13-4-6-18(20(27)19(13)26)32-8-7-17(22(32)33)31-23(34)30-16-5-3-12(24)9-15(16)25/h3-6,9-11,17H,7-8H2,1-2H3,(H2,30,31,34)/t17-/m1/s1. The van der Waals surface area contributed by atoms with Gasteiger partial charge in [-0.15, -0.1) is 0 Å². The van der Waals surface area contributed by atoms with Crippen LogP contribution in [0.4, 0.5) is 29.3 Å². The van der Waals surface area contributed by atoms with Crippen LogP contribution in [0.2, 0.25) is 5.02 Å². The zero-order chi connectivity index (χ0) is 26.2. The van der Waals surface area contributed by atoms with Gasteiger partial charge in [0.05, 0.1) is 11.4 Å². The van der Waals surface area contributed by atoms with Gasteiger partial charge in [0.15, 0.2) is 11.6 Å². The summed E-state index contributed by atoms with van der Waals surface area (Å²) in [6.45, 7) is 2.91. The van der Waals surface area contributed by atoms with Gasteiger partial charge in [-0.25, -0.2) is 27.9 Å². The van der Waals surface area contributed by atoms with E-state index in [0.29, 0.717) is 0 Å². The number of amides is 3. The summed E-state index contributed by atoms with van der Waals surface area (Å²) >= 11 is 5.69. The summed E-state index contributed by atoms with van der Waals surface area (Å²) in [6, 6.07) is 4.26. The average Bonchev–Trinajstić information content (AvgIpc) is 3.16. The van der Waals surface area contributed by atoms with E-state index in [0.717, 1.165) is 11.0 Å². The van der Waals surface area contributed by atoms with Gasteiger partial charge in [-0.05, 0) is 50.1 Å². The first-order valence-electron chi connectivity index (χ1n) is 10.6. The Labute approximate surface area is 209 Å². The van der Waals surface area contributed by atoms with Gasteiger partial charge < -0.3 is 20.1 Å². The first-order valence-corrected chi connectivity index (χ1v) is 13.6. The molecule has 1 aliphatic rings. The second-order valence-corrected chi connectivity index (χ2v) is 12.0. The predicted octanol–water partition coefficient (Wildman–Crippen LogP) is 4.39. The molecule has 3 amide bonds. The third kappa shape index (κ3) is 5.08. The maximum atomic E-state index is 15.1. The summed E-state index contributed by atoms with van der Waals surface area (Å²) in [5.41, 5.74) is -0.456. The molecule has 3 aromatic rings. The number of nitrogens with zero attached hydrogens (tertiary/aromatic N) is 3. The lowest BCUT2D eigenvalue weighted by Crippen LogP contribution is -2.43. The number of carbonyl (C=O) groups is 2. The monoisotopic (exact) mass is 537 g/mol. The van der Waals surface area contributed by atoms with Crippen molar-refractivity contribution in [1.29, 1.82) is 0 Å². The van der Waals surface area contributed by atoms with Crippen molar-refractivity contribution in [3.63, 3.8) is 0 Å². The highest BCUT2D eigenvalue weighted by molar-refractivity contribution is 7.70. The van der Waals surface area contributed by atoms with E-state index >= 15 is 8.78 Å². The first kappa shape index (κ1) is 25.7. The lowest BCUT2D eigenvalue weighted by atomic mass is 10.1. The Morgan fingerprint density at radius 3 is 2.58 bits per heavy atom. The molecule has 1 aliphatic heterocycles. The number of halogens is 4. The van der Waals surface area contributed by atoms with E-state index < -0.39 is 42.6 Å². The molecular formula is C23H20ClF3N5O3P. The molecule has 1 saturated heterocycles. The average molecular weight is 538 g/mol. The van der Waals surface area contributed by atoms with E-state index in [9.17, 15) is 18.5 Å². The molecule has 36 heavy (non-hydrogen) atoms. The van der Waals surface area contributed by atoms with Crippen molar-refractivity contribution < 1.29 is 27.3 Å². The summed E-state index contributed by atoms with van der Waals surface area (Å²) in [6.07, 6.45) is 2.54. The fourth-order valence-electron chi connectivity index (χ4n) is 3.86. The topological polar surface area (TPSA) is 104 Å². The highest BCUT2D eigenvalue weighted by Gasteiger charge is 2.36. The lowest BCUT2D eigenvalue weighted by Gasteiger charge is -2.20. The van der Waals surface area contributed by atoms with Crippen LogP contribution >= 0.6 is 18.7 Å². The van der Waals surface area contributed by atoms with Crippen molar-refractivity contribution in [1.82, 2.24) is 15.3 Å². The van der Waals surface area contributed by atoms with Gasteiger partial charge in [-0.1, -0.05) is 11.6 Å². The van der Waals surface area contributed by atoms with Crippen LogP contribution < -0.4 is 21.0 Å². The molecule has 0 aliphatic carbocycles. The summed E-state index contributed by atoms with van der Waals surface area (Å²) in [7, 11) is -2.93. The molecule has 0 spiro atoms. The molecule has 2 N–H and O–H groups in total. The Kier molecular flexibility index (Phi) is 7.06. The van der Waals surface area contributed by atoms with Gasteiger partial charge in [-0.3, -0.25) is 4.79 Å². The molecule has 0 unspecified atom stereocenters. The van der Waals surface area contributed by atoms with Crippen molar-refractivity contribution in [2.75, 3.05) is 30.1 Å². The molecule has 13 heteroatoms. The molecule has 0 bridgehead atoms. The predicted molar refractivity (Wildman–Crippen MR) is 131 cm³/mol. The molecule has 1 atom stereocenters. The van der Waals surface area contributed by atoms with Crippen LogP contribution in [0, 0.1) is 17.5 Å². The maximum Gasteiger partial charge on any atom is 0.319 e. The molecule has 188 valence electrons. The highest BCUT2D eigenvalue weighted by atomic mass is 35.5. The number of hydrogen-bond donors (Lipinski definition) is 2. The van der Waals surface area contributed by atoms with E-state index in [1.807, 2.05) is 0 Å². The zero-order valence-corrected chi connectivity index (χ0v) is 20.7. The van der Waals surface area contributed by atoms with Gasteiger partial charge in [0.25, 0.3) is 0 Å². The Hall–Kier alpha value is -3.43. The van der Waals surface area contributed by atoms with E-state index in [2.05, 4.69) is 20.6 Å². The Morgan fingerprint density at radius 1 is 1.14 bits per heavy atom. The molecule has 2 heterocycles. The zero-order valence-electron chi connectivity index (χ0n) is 19.1. The fraction of sp³-hybridized carbons (Fsp3) is 0.217. The van der Waals surface area contributed by atoms with Crippen LogP contribution in [0.15, 0.2) is 42.9 Å².